The van der Waals surface area contributed by atoms with Crippen LogP contribution < -0.4 is 0 Å². The predicted octanol–water partition coefficient (Wildman–Crippen LogP) is 20.0. The summed E-state index contributed by atoms with van der Waals surface area (Å²) in [7, 11) is -9.80. The van der Waals surface area contributed by atoms with Gasteiger partial charge in [-0.05, 0) is 135 Å². The third-order valence-corrected chi connectivity index (χ3v) is 16.2. The van der Waals surface area contributed by atoms with E-state index in [9.17, 15) is 43.5 Å². The molecule has 0 aliphatic carbocycles. The molecule has 0 aliphatic rings. The summed E-state index contributed by atoms with van der Waals surface area (Å²) in [5.41, 5.74) is 0. The SMILES string of the molecule is CC/C=C\C/C=C\C/C=C\C/C=C\C/C=C\CCCCCCCCCCCC(=O)OCC(O)COP(=O)(O)OCC(O)COP(=O)(O)OCC(COC(=O)CCCCC/C=C\C/C=C\C/C=C\C/C=C\C/C=C\CC)OC(=O)CCCCCCC/C=C\CCCCCC. The van der Waals surface area contributed by atoms with Crippen LogP contribution in [-0.4, -0.2) is 95.9 Å². The molecule has 16 nitrogen and oxygen atoms in total. The quantitative estimate of drug-likeness (QED) is 0.0146. The van der Waals surface area contributed by atoms with Gasteiger partial charge in [-0.3, -0.25) is 32.5 Å². The van der Waals surface area contributed by atoms with Crippen molar-refractivity contribution in [2.75, 3.05) is 39.6 Å². The highest BCUT2D eigenvalue weighted by Gasteiger charge is 2.29. The highest BCUT2D eigenvalue weighted by molar-refractivity contribution is 7.47. The minimum atomic E-state index is -4.94. The lowest BCUT2D eigenvalue weighted by atomic mass is 10.1. The maximum absolute atomic E-state index is 12.9. The number of rotatable bonds is 66. The summed E-state index contributed by atoms with van der Waals surface area (Å²) in [4.78, 5) is 58.4. The molecular weight excluding hydrogens is 1220 g/mol. The van der Waals surface area contributed by atoms with E-state index in [0.717, 1.165) is 154 Å². The van der Waals surface area contributed by atoms with Gasteiger partial charge in [-0.15, -0.1) is 0 Å². The normalized spacial score (nSPS) is 15.0. The first-order valence-corrected chi connectivity index (χ1v) is 38.5. The van der Waals surface area contributed by atoms with Crippen LogP contribution in [0, 0.1) is 0 Å². The molecule has 532 valence electrons. The van der Waals surface area contributed by atoms with Crippen molar-refractivity contribution in [1.29, 1.82) is 0 Å². The van der Waals surface area contributed by atoms with E-state index in [2.05, 4.69) is 154 Å². The van der Waals surface area contributed by atoms with Crippen molar-refractivity contribution < 1.29 is 75.8 Å². The fraction of sp³-hybridized carbons (Fsp3) is 0.667. The second-order valence-electron chi connectivity index (χ2n) is 23.3. The molecule has 0 spiro atoms. The predicted molar refractivity (Wildman–Crippen MR) is 380 cm³/mol. The van der Waals surface area contributed by atoms with Gasteiger partial charge in [-0.1, -0.05) is 244 Å². The van der Waals surface area contributed by atoms with Gasteiger partial charge in [0.25, 0.3) is 0 Å². The van der Waals surface area contributed by atoms with Crippen LogP contribution in [-0.2, 0) is 55.8 Å². The van der Waals surface area contributed by atoms with Crippen molar-refractivity contribution in [2.45, 2.75) is 283 Å². The monoisotopic (exact) mass is 1340 g/mol. The Morgan fingerprint density at radius 1 is 0.312 bits per heavy atom. The van der Waals surface area contributed by atoms with Crippen molar-refractivity contribution >= 4 is 33.6 Å². The van der Waals surface area contributed by atoms with Gasteiger partial charge in [0.15, 0.2) is 6.10 Å². The molecule has 4 N–H and O–H groups in total. The number of carbonyl (C=O) groups is 3. The van der Waals surface area contributed by atoms with E-state index in [1.165, 1.54) is 51.4 Å². The van der Waals surface area contributed by atoms with E-state index in [4.69, 9.17) is 32.3 Å². The molecule has 0 radical (unpaired) electrons. The van der Waals surface area contributed by atoms with Gasteiger partial charge in [0, 0.05) is 19.3 Å². The number of phosphoric acid groups is 2. The highest BCUT2D eigenvalue weighted by atomic mass is 31.2. The minimum Gasteiger partial charge on any atom is -0.463 e. The second-order valence-corrected chi connectivity index (χ2v) is 26.2. The number of ether oxygens (including phenoxy) is 3. The van der Waals surface area contributed by atoms with Gasteiger partial charge < -0.3 is 34.2 Å². The first kappa shape index (κ1) is 88.7. The van der Waals surface area contributed by atoms with E-state index in [-0.39, 0.29) is 19.3 Å². The fourth-order valence-corrected chi connectivity index (χ4v) is 10.6. The largest absolute Gasteiger partial charge is 0.472 e. The van der Waals surface area contributed by atoms with Gasteiger partial charge in [0.2, 0.25) is 0 Å². The molecule has 0 aromatic carbocycles. The van der Waals surface area contributed by atoms with Crippen molar-refractivity contribution in [1.82, 2.24) is 0 Å². The average Bonchev–Trinajstić information content (AvgIpc) is 3.74. The fourth-order valence-electron chi connectivity index (χ4n) is 8.97. The van der Waals surface area contributed by atoms with Crippen LogP contribution in [0.4, 0.5) is 0 Å². The molecule has 0 aromatic rings. The third-order valence-electron chi connectivity index (χ3n) is 14.3. The third kappa shape index (κ3) is 68.9. The molecule has 5 unspecified atom stereocenters. The van der Waals surface area contributed by atoms with Crippen LogP contribution in [0.3, 0.4) is 0 Å². The van der Waals surface area contributed by atoms with E-state index in [1.807, 2.05) is 0 Å². The van der Waals surface area contributed by atoms with Crippen molar-refractivity contribution in [3.63, 3.8) is 0 Å². The molecule has 0 aromatic heterocycles. The zero-order valence-corrected chi connectivity index (χ0v) is 59.4. The van der Waals surface area contributed by atoms with Gasteiger partial charge in [-0.25, -0.2) is 9.13 Å². The number of unbranched alkanes of at least 4 members (excludes halogenated alkanes) is 21. The van der Waals surface area contributed by atoms with E-state index in [1.54, 1.807) is 0 Å². The number of hydrogen-bond acceptors (Lipinski definition) is 14. The van der Waals surface area contributed by atoms with Gasteiger partial charge in [0.1, 0.15) is 25.4 Å². The zero-order valence-electron chi connectivity index (χ0n) is 57.6. The number of aliphatic hydroxyl groups excluding tert-OH is 2. The Balaban J connectivity index is 4.60. The minimum absolute atomic E-state index is 0.0837. The number of carbonyl (C=O) groups excluding carboxylic acids is 3. The van der Waals surface area contributed by atoms with Crippen molar-refractivity contribution in [3.05, 3.63) is 134 Å². The molecule has 0 fully saturated rings. The number of hydrogen-bond donors (Lipinski definition) is 4. The smallest absolute Gasteiger partial charge is 0.463 e. The van der Waals surface area contributed by atoms with Crippen molar-refractivity contribution in [2.24, 2.45) is 0 Å². The van der Waals surface area contributed by atoms with E-state index < -0.39 is 91.5 Å². The standard InChI is InChI=1S/C75H126O16P2/c1-4-7-10-13-16-19-22-25-27-29-31-32-33-34-35-36-38-40-41-44-46-49-52-55-58-61-73(78)85-64-70(76)65-87-92(81,82)88-66-71(77)67-89-93(83,84)90-69-72(91-75(80)63-60-57-54-51-48-43-24-21-18-15-12-9-6-3)68-86-74(79)62-59-56-53-50-47-45-42-39-37-30-28-26-23-20-17-14-11-8-5-2/h7-8,10-11,16-17,19-21,24-28,31-32,34-35,37,39,45,47,70-72,76-77H,4-6,9,12-15,18,22-23,29-30,33,36,38,40-44,46,48-69H2,1-3H3,(H,81,82)(H,83,84)/b10-7-,11-8-,19-16-,20-17-,24-21-,27-25-,28-26-,32-31-,35-34-,39-37-,47-45-. The topological polar surface area (TPSA) is 231 Å². The maximum Gasteiger partial charge on any atom is 0.472 e. The number of allylic oxidation sites excluding steroid dienone is 22. The number of aliphatic hydroxyl groups is 2. The van der Waals surface area contributed by atoms with Crippen LogP contribution in [0.1, 0.15) is 265 Å². The van der Waals surface area contributed by atoms with Crippen molar-refractivity contribution in [3.8, 4) is 0 Å². The molecule has 0 amide bonds. The molecule has 5 atom stereocenters. The summed E-state index contributed by atoms with van der Waals surface area (Å²) < 4.78 is 60.9. The number of phosphoric ester groups is 2. The molecule has 0 saturated carbocycles. The van der Waals surface area contributed by atoms with Gasteiger partial charge in [-0.2, -0.15) is 0 Å². The zero-order chi connectivity index (χ0) is 68.1. The molecule has 93 heavy (non-hydrogen) atoms. The Morgan fingerprint density at radius 3 is 0.925 bits per heavy atom. The Kier molecular flexibility index (Phi) is 64.5. The molecule has 0 heterocycles. The van der Waals surface area contributed by atoms with Crippen LogP contribution in [0.15, 0.2) is 134 Å². The maximum atomic E-state index is 12.9. The molecule has 0 rings (SSSR count). The highest BCUT2D eigenvalue weighted by Crippen LogP contribution is 2.45. The van der Waals surface area contributed by atoms with Crippen LogP contribution >= 0.6 is 15.6 Å². The average molecular weight is 1350 g/mol. The summed E-state index contributed by atoms with van der Waals surface area (Å²) >= 11 is 0. The van der Waals surface area contributed by atoms with E-state index in [0.29, 0.717) is 19.3 Å². The van der Waals surface area contributed by atoms with Gasteiger partial charge >= 0.3 is 33.6 Å². The number of esters is 3. The Labute approximate surface area is 563 Å². The Hall–Kier alpha value is -4.31. The van der Waals surface area contributed by atoms with Gasteiger partial charge in [0.05, 0.1) is 26.4 Å². The van der Waals surface area contributed by atoms with Crippen LogP contribution in [0.25, 0.3) is 0 Å². The first-order valence-electron chi connectivity index (χ1n) is 35.5. The molecule has 0 bridgehead atoms. The summed E-state index contributed by atoms with van der Waals surface area (Å²) in [6, 6.07) is 0. The molecule has 18 heteroatoms. The summed E-state index contributed by atoms with van der Waals surface area (Å²) in [6.07, 6.45) is 79.3. The molecule has 0 aliphatic heterocycles. The van der Waals surface area contributed by atoms with E-state index >= 15 is 0 Å². The lowest BCUT2D eigenvalue weighted by Crippen LogP contribution is -2.30. The summed E-state index contributed by atoms with van der Waals surface area (Å²) in [6.45, 7) is 2.36. The lowest BCUT2D eigenvalue weighted by molar-refractivity contribution is -0.161. The van der Waals surface area contributed by atoms with Crippen LogP contribution in [0.5, 0.6) is 0 Å². The first-order chi connectivity index (χ1) is 45.2. The molecule has 0 saturated heterocycles. The Bertz CT molecular complexity index is 2230. The second kappa shape index (κ2) is 67.7. The molecular formula is C75H126O16P2. The Morgan fingerprint density at radius 2 is 0.570 bits per heavy atom. The lowest BCUT2D eigenvalue weighted by Gasteiger charge is -2.21. The van der Waals surface area contributed by atoms with Crippen LogP contribution in [0.2, 0.25) is 0 Å². The summed E-state index contributed by atoms with van der Waals surface area (Å²) in [5.74, 6) is -1.63. The summed E-state index contributed by atoms with van der Waals surface area (Å²) in [5, 5.41) is 20.6.